The first kappa shape index (κ1) is 20.6. The second-order valence-corrected chi connectivity index (χ2v) is 6.50. The smallest absolute Gasteiger partial charge is 0.338 e. The van der Waals surface area contributed by atoms with Crippen molar-refractivity contribution in [1.82, 2.24) is 0 Å². The summed E-state index contributed by atoms with van der Waals surface area (Å²) in [6, 6.07) is 13.1. The Kier molecular flexibility index (Phi) is 7.99. The maximum absolute atomic E-state index is 12.1. The molecule has 5 nitrogen and oxygen atoms in total. The molecule has 5 heteroatoms. The minimum Gasteiger partial charge on any atom is -0.508 e. The maximum atomic E-state index is 12.1. The maximum Gasteiger partial charge on any atom is 0.338 e. The molecule has 0 saturated carbocycles. The third kappa shape index (κ3) is 5.91. The van der Waals surface area contributed by atoms with E-state index < -0.39 is 0 Å². The molecule has 0 aromatic heterocycles. The van der Waals surface area contributed by atoms with E-state index in [-0.39, 0.29) is 11.7 Å². The fraction of sp³-hybridized carbons (Fsp3) is 0.409. The molecule has 0 radical (unpaired) electrons. The van der Waals surface area contributed by atoms with Crippen molar-refractivity contribution < 1.29 is 14.6 Å². The van der Waals surface area contributed by atoms with E-state index in [1.807, 2.05) is 18.2 Å². The van der Waals surface area contributed by atoms with Crippen molar-refractivity contribution >= 4 is 17.3 Å². The first-order valence-corrected chi connectivity index (χ1v) is 9.67. The van der Waals surface area contributed by atoms with Gasteiger partial charge >= 0.3 is 5.97 Å². The van der Waals surface area contributed by atoms with Crippen LogP contribution in [0.1, 0.15) is 56.0 Å². The Bertz CT molecular complexity index is 746. The van der Waals surface area contributed by atoms with E-state index in [0.717, 1.165) is 36.2 Å². The molecule has 0 spiro atoms. The Morgan fingerprint density at radius 2 is 1.89 bits per heavy atom. The SMILES string of the molecule is CCCC(CC)Nc1ccc(C(=O)OCC)cc1NCc1ccccc1O. The molecule has 0 amide bonds. The highest BCUT2D eigenvalue weighted by Crippen LogP contribution is 2.27. The molecule has 0 aliphatic carbocycles. The van der Waals surface area contributed by atoms with E-state index in [0.29, 0.717) is 24.8 Å². The standard InChI is InChI=1S/C22H30N2O3/c1-4-9-18(5-2)24-19-13-12-16(22(26)27-6-3)14-20(19)23-15-17-10-7-8-11-21(17)25/h7-8,10-14,18,23-25H,4-6,9,15H2,1-3H3. The number of hydrogen-bond donors (Lipinski definition) is 3. The normalized spacial score (nSPS) is 11.7. The zero-order valence-electron chi connectivity index (χ0n) is 16.4. The quantitative estimate of drug-likeness (QED) is 0.503. The van der Waals surface area contributed by atoms with Gasteiger partial charge in [-0.25, -0.2) is 4.79 Å². The number of para-hydroxylation sites is 1. The molecule has 27 heavy (non-hydrogen) atoms. The van der Waals surface area contributed by atoms with Crippen molar-refractivity contribution in [2.75, 3.05) is 17.2 Å². The van der Waals surface area contributed by atoms with Gasteiger partial charge in [-0.05, 0) is 44.0 Å². The summed E-state index contributed by atoms with van der Waals surface area (Å²) in [4.78, 5) is 12.1. The zero-order chi connectivity index (χ0) is 19.6. The fourth-order valence-electron chi connectivity index (χ4n) is 2.96. The van der Waals surface area contributed by atoms with Crippen LogP contribution in [0.5, 0.6) is 5.75 Å². The van der Waals surface area contributed by atoms with Gasteiger partial charge in [0, 0.05) is 18.2 Å². The van der Waals surface area contributed by atoms with Gasteiger partial charge in [0.2, 0.25) is 0 Å². The lowest BCUT2D eigenvalue weighted by atomic mass is 10.1. The second kappa shape index (κ2) is 10.5. The van der Waals surface area contributed by atoms with Gasteiger partial charge in [-0.2, -0.15) is 0 Å². The highest BCUT2D eigenvalue weighted by molar-refractivity contribution is 5.92. The number of rotatable bonds is 10. The highest BCUT2D eigenvalue weighted by atomic mass is 16.5. The number of benzene rings is 2. The van der Waals surface area contributed by atoms with E-state index in [1.54, 1.807) is 31.2 Å². The van der Waals surface area contributed by atoms with Crippen LogP contribution < -0.4 is 10.6 Å². The predicted molar refractivity (Wildman–Crippen MR) is 110 cm³/mol. The summed E-state index contributed by atoms with van der Waals surface area (Å²) in [6.07, 6.45) is 3.20. The minimum absolute atomic E-state index is 0.249. The van der Waals surface area contributed by atoms with E-state index >= 15 is 0 Å². The van der Waals surface area contributed by atoms with Gasteiger partial charge in [0.25, 0.3) is 0 Å². The van der Waals surface area contributed by atoms with Gasteiger partial charge in [0.05, 0.1) is 23.5 Å². The average Bonchev–Trinajstić information content (AvgIpc) is 2.68. The van der Waals surface area contributed by atoms with Crippen LogP contribution in [0.4, 0.5) is 11.4 Å². The first-order valence-electron chi connectivity index (χ1n) is 9.67. The van der Waals surface area contributed by atoms with Crippen LogP contribution in [0.2, 0.25) is 0 Å². The zero-order valence-corrected chi connectivity index (χ0v) is 16.4. The number of phenols is 1. The molecule has 2 aromatic carbocycles. The third-order valence-electron chi connectivity index (χ3n) is 4.48. The molecule has 0 aliphatic heterocycles. The second-order valence-electron chi connectivity index (χ2n) is 6.50. The number of nitrogens with one attached hydrogen (secondary N) is 2. The average molecular weight is 370 g/mol. The Morgan fingerprint density at radius 1 is 1.11 bits per heavy atom. The number of esters is 1. The lowest BCUT2D eigenvalue weighted by Crippen LogP contribution is -2.19. The topological polar surface area (TPSA) is 70.6 Å². The number of carbonyl (C=O) groups is 1. The lowest BCUT2D eigenvalue weighted by Gasteiger charge is -2.21. The van der Waals surface area contributed by atoms with Gasteiger partial charge in [-0.3, -0.25) is 0 Å². The number of anilines is 2. The molecule has 0 saturated heterocycles. The van der Waals surface area contributed by atoms with E-state index in [4.69, 9.17) is 4.74 Å². The van der Waals surface area contributed by atoms with Gasteiger partial charge in [0.1, 0.15) is 5.75 Å². The lowest BCUT2D eigenvalue weighted by molar-refractivity contribution is 0.0526. The van der Waals surface area contributed by atoms with Crippen LogP contribution in [-0.2, 0) is 11.3 Å². The molecular formula is C22H30N2O3. The number of hydrogen-bond acceptors (Lipinski definition) is 5. The number of ether oxygens (including phenoxy) is 1. The Morgan fingerprint density at radius 3 is 2.56 bits per heavy atom. The Hall–Kier alpha value is -2.69. The van der Waals surface area contributed by atoms with E-state index in [9.17, 15) is 9.90 Å². The van der Waals surface area contributed by atoms with Gasteiger partial charge < -0.3 is 20.5 Å². The van der Waals surface area contributed by atoms with Crippen molar-refractivity contribution in [3.63, 3.8) is 0 Å². The molecule has 0 aliphatic rings. The van der Waals surface area contributed by atoms with Crippen LogP contribution in [0.15, 0.2) is 42.5 Å². The molecule has 0 bridgehead atoms. The van der Waals surface area contributed by atoms with Crippen molar-refractivity contribution in [2.24, 2.45) is 0 Å². The van der Waals surface area contributed by atoms with Gasteiger partial charge in [-0.1, -0.05) is 38.5 Å². The first-order chi connectivity index (χ1) is 13.1. The molecular weight excluding hydrogens is 340 g/mol. The van der Waals surface area contributed by atoms with E-state index in [2.05, 4.69) is 24.5 Å². The summed E-state index contributed by atoms with van der Waals surface area (Å²) in [7, 11) is 0. The summed E-state index contributed by atoms with van der Waals surface area (Å²) in [6.45, 7) is 6.93. The Balaban J connectivity index is 2.26. The predicted octanol–water partition coefficient (Wildman–Crippen LogP) is 5.17. The fourth-order valence-corrected chi connectivity index (χ4v) is 2.96. The van der Waals surface area contributed by atoms with E-state index in [1.165, 1.54) is 0 Å². The van der Waals surface area contributed by atoms with Crippen LogP contribution in [0.25, 0.3) is 0 Å². The number of carbonyl (C=O) groups excluding carboxylic acids is 1. The summed E-state index contributed by atoms with van der Waals surface area (Å²) in [5.74, 6) is -0.0891. The molecule has 3 N–H and O–H groups in total. The molecule has 2 aromatic rings. The monoisotopic (exact) mass is 370 g/mol. The summed E-state index contributed by atoms with van der Waals surface area (Å²) < 4.78 is 5.12. The number of aromatic hydroxyl groups is 1. The van der Waals surface area contributed by atoms with Crippen LogP contribution in [0.3, 0.4) is 0 Å². The Labute approximate surface area is 161 Å². The summed E-state index contributed by atoms with van der Waals surface area (Å²) >= 11 is 0. The van der Waals surface area contributed by atoms with Crippen LogP contribution in [-0.4, -0.2) is 23.7 Å². The van der Waals surface area contributed by atoms with Crippen LogP contribution >= 0.6 is 0 Å². The molecule has 146 valence electrons. The summed E-state index contributed by atoms with van der Waals surface area (Å²) in [5, 5.41) is 16.9. The van der Waals surface area contributed by atoms with Crippen LogP contribution in [0, 0.1) is 0 Å². The van der Waals surface area contributed by atoms with Crippen molar-refractivity contribution in [3.8, 4) is 5.75 Å². The summed E-state index contributed by atoms with van der Waals surface area (Å²) in [5.41, 5.74) is 3.06. The van der Waals surface area contributed by atoms with Gasteiger partial charge in [-0.15, -0.1) is 0 Å². The molecule has 1 unspecified atom stereocenters. The van der Waals surface area contributed by atoms with Crippen molar-refractivity contribution in [2.45, 2.75) is 52.6 Å². The minimum atomic E-state index is -0.338. The largest absolute Gasteiger partial charge is 0.508 e. The number of phenolic OH excluding ortho intramolecular Hbond substituents is 1. The third-order valence-corrected chi connectivity index (χ3v) is 4.48. The molecule has 0 fully saturated rings. The van der Waals surface area contributed by atoms with Crippen molar-refractivity contribution in [3.05, 3.63) is 53.6 Å². The van der Waals surface area contributed by atoms with Crippen molar-refractivity contribution in [1.29, 1.82) is 0 Å². The molecule has 0 heterocycles. The highest BCUT2D eigenvalue weighted by Gasteiger charge is 2.13. The molecule has 1 atom stereocenters. The van der Waals surface area contributed by atoms with Gasteiger partial charge in [0.15, 0.2) is 0 Å². The molecule has 2 rings (SSSR count).